The number of hydrogen-bond donors (Lipinski definition) is 0. The van der Waals surface area contributed by atoms with Crippen molar-refractivity contribution in [2.75, 3.05) is 0 Å². The number of allylic oxidation sites excluding steroid dienone is 2. The molecule has 137 valence electrons. The van der Waals surface area contributed by atoms with E-state index in [9.17, 15) is 0 Å². The van der Waals surface area contributed by atoms with E-state index < -0.39 is 0 Å². The van der Waals surface area contributed by atoms with E-state index in [4.69, 9.17) is 0 Å². The van der Waals surface area contributed by atoms with Crippen molar-refractivity contribution in [3.05, 3.63) is 19.1 Å². The summed E-state index contributed by atoms with van der Waals surface area (Å²) in [6.45, 7) is 6.15. The fourth-order valence-electron chi connectivity index (χ4n) is 3.16. The van der Waals surface area contributed by atoms with Gasteiger partial charge in [0.15, 0.2) is 0 Å². The van der Waals surface area contributed by atoms with Crippen LogP contribution in [0.2, 0.25) is 0 Å². The highest BCUT2D eigenvalue weighted by atomic mass is 14.0. The minimum Gasteiger partial charge on any atom is -0.0885 e. The van der Waals surface area contributed by atoms with Gasteiger partial charge in [-0.3, -0.25) is 0 Å². The van der Waals surface area contributed by atoms with Gasteiger partial charge in [0.25, 0.3) is 0 Å². The van der Waals surface area contributed by atoms with Crippen molar-refractivity contribution in [3.63, 3.8) is 0 Å². The Morgan fingerprint density at radius 3 is 1.22 bits per heavy atom. The zero-order chi connectivity index (χ0) is 16.8. The van der Waals surface area contributed by atoms with Crippen LogP contribution >= 0.6 is 0 Å². The van der Waals surface area contributed by atoms with Gasteiger partial charge in [0.2, 0.25) is 0 Å². The van der Waals surface area contributed by atoms with Gasteiger partial charge in [-0.1, -0.05) is 122 Å². The molecule has 0 aliphatic rings. The Balaban J connectivity index is 2.97. The van der Waals surface area contributed by atoms with Crippen molar-refractivity contribution in [1.29, 1.82) is 0 Å². The summed E-state index contributed by atoms with van der Waals surface area (Å²) >= 11 is 0. The van der Waals surface area contributed by atoms with Crippen molar-refractivity contribution in [1.82, 2.24) is 0 Å². The second-order valence-corrected chi connectivity index (χ2v) is 7.21. The third-order valence-corrected chi connectivity index (χ3v) is 4.76. The number of unbranched alkanes of at least 4 members (excludes halogenated alkanes) is 17. The number of hydrogen-bond acceptors (Lipinski definition) is 0. The Hall–Kier alpha value is -0.260. The van der Waals surface area contributed by atoms with Crippen molar-refractivity contribution in [2.24, 2.45) is 0 Å². The predicted octanol–water partition coefficient (Wildman–Crippen LogP) is 8.81. The minimum absolute atomic E-state index is 1.04. The second kappa shape index (κ2) is 21.7. The van der Waals surface area contributed by atoms with Gasteiger partial charge in [-0.15, -0.1) is 0 Å². The molecule has 23 heavy (non-hydrogen) atoms. The average Bonchev–Trinajstić information content (AvgIpc) is 2.57. The lowest BCUT2D eigenvalue weighted by Crippen LogP contribution is -1.83. The molecule has 0 aliphatic heterocycles. The average molecular weight is 322 g/mol. The van der Waals surface area contributed by atoms with Crippen LogP contribution < -0.4 is 0 Å². The lowest BCUT2D eigenvalue weighted by molar-refractivity contribution is 0.530. The quantitative estimate of drug-likeness (QED) is 0.165. The van der Waals surface area contributed by atoms with E-state index in [0.717, 1.165) is 12.8 Å². The topological polar surface area (TPSA) is 0 Å². The van der Waals surface area contributed by atoms with Crippen molar-refractivity contribution < 1.29 is 0 Å². The highest BCUT2D eigenvalue weighted by Gasteiger charge is 1.94. The third kappa shape index (κ3) is 21.7. The maximum absolute atomic E-state index is 3.85. The molecule has 0 saturated heterocycles. The number of rotatable bonds is 19. The Bertz CT molecular complexity index is 216. The van der Waals surface area contributed by atoms with Crippen LogP contribution in [0.3, 0.4) is 0 Å². The van der Waals surface area contributed by atoms with E-state index >= 15 is 0 Å². The smallest absolute Gasteiger partial charge is 0.0351 e. The molecule has 0 unspecified atom stereocenters. The SMILES string of the molecule is [CH2]CCC=CCCCCCCCCCCCCCCCCCC. The lowest BCUT2D eigenvalue weighted by Gasteiger charge is -2.03. The maximum Gasteiger partial charge on any atom is -0.0351 e. The molecule has 1 radical (unpaired) electrons. The monoisotopic (exact) mass is 321 g/mol. The first kappa shape index (κ1) is 22.7. The largest absolute Gasteiger partial charge is 0.0885 e. The van der Waals surface area contributed by atoms with Gasteiger partial charge in [-0.2, -0.15) is 0 Å². The molecular weight excluding hydrogens is 276 g/mol. The summed E-state index contributed by atoms with van der Waals surface area (Å²) in [4.78, 5) is 0. The van der Waals surface area contributed by atoms with Gasteiger partial charge in [-0.25, -0.2) is 0 Å². The maximum atomic E-state index is 3.85. The molecule has 0 aromatic carbocycles. The van der Waals surface area contributed by atoms with Crippen LogP contribution in [-0.4, -0.2) is 0 Å². The first-order valence-corrected chi connectivity index (χ1v) is 10.9. The van der Waals surface area contributed by atoms with E-state index in [1.165, 1.54) is 109 Å². The summed E-state index contributed by atoms with van der Waals surface area (Å²) < 4.78 is 0. The molecule has 0 atom stereocenters. The molecule has 0 heteroatoms. The van der Waals surface area contributed by atoms with Gasteiger partial charge in [0.1, 0.15) is 0 Å². The van der Waals surface area contributed by atoms with Gasteiger partial charge >= 0.3 is 0 Å². The highest BCUT2D eigenvalue weighted by molar-refractivity contribution is 4.81. The molecule has 0 aromatic rings. The molecule has 0 bridgehead atoms. The fourth-order valence-corrected chi connectivity index (χ4v) is 3.16. The van der Waals surface area contributed by atoms with Crippen molar-refractivity contribution >= 4 is 0 Å². The Kier molecular flexibility index (Phi) is 21.5. The second-order valence-electron chi connectivity index (χ2n) is 7.21. The summed E-state index contributed by atoms with van der Waals surface area (Å²) in [7, 11) is 0. The van der Waals surface area contributed by atoms with E-state index in [1.807, 2.05) is 0 Å². The molecule has 0 fully saturated rings. The first-order chi connectivity index (χ1) is 11.4. The zero-order valence-corrected chi connectivity index (χ0v) is 16.3. The molecule has 0 aromatic heterocycles. The lowest BCUT2D eigenvalue weighted by atomic mass is 10.0. The Morgan fingerprint density at radius 2 is 0.826 bits per heavy atom. The molecule has 0 heterocycles. The van der Waals surface area contributed by atoms with Crippen LogP contribution in [0.5, 0.6) is 0 Å². The summed E-state index contributed by atoms with van der Waals surface area (Å²) in [5.41, 5.74) is 0. The van der Waals surface area contributed by atoms with E-state index in [2.05, 4.69) is 26.0 Å². The van der Waals surface area contributed by atoms with Crippen LogP contribution in [0.1, 0.15) is 129 Å². The van der Waals surface area contributed by atoms with Crippen molar-refractivity contribution in [2.45, 2.75) is 129 Å². The normalized spacial score (nSPS) is 11.6. The molecule has 0 saturated carbocycles. The molecule has 0 aliphatic carbocycles. The molecule has 0 amide bonds. The minimum atomic E-state index is 1.04. The van der Waals surface area contributed by atoms with Gasteiger partial charge in [-0.05, 0) is 25.7 Å². The summed E-state index contributed by atoms with van der Waals surface area (Å²) in [5, 5.41) is 0. The molecule has 0 spiro atoms. The summed E-state index contributed by atoms with van der Waals surface area (Å²) in [6.07, 6.45) is 31.4. The third-order valence-electron chi connectivity index (χ3n) is 4.76. The summed E-state index contributed by atoms with van der Waals surface area (Å²) in [5.74, 6) is 0. The zero-order valence-electron chi connectivity index (χ0n) is 16.3. The van der Waals surface area contributed by atoms with Crippen molar-refractivity contribution in [3.8, 4) is 0 Å². The Morgan fingerprint density at radius 1 is 0.478 bits per heavy atom. The van der Waals surface area contributed by atoms with Crippen LogP contribution in [-0.2, 0) is 0 Å². The van der Waals surface area contributed by atoms with Crippen LogP contribution in [0, 0.1) is 6.92 Å². The Labute approximate surface area is 148 Å². The van der Waals surface area contributed by atoms with Gasteiger partial charge in [0, 0.05) is 0 Å². The summed E-state index contributed by atoms with van der Waals surface area (Å²) in [6, 6.07) is 0. The standard InChI is InChI=1S/C23H45/c1-3-5-7-9-11-13-15-17-19-21-23-22-20-18-16-14-12-10-8-6-4-2/h7,9H,1,3-6,8,10-23H2,2H3. The van der Waals surface area contributed by atoms with E-state index in [1.54, 1.807) is 0 Å². The van der Waals surface area contributed by atoms with E-state index in [0.29, 0.717) is 0 Å². The predicted molar refractivity (Wildman–Crippen MR) is 108 cm³/mol. The van der Waals surface area contributed by atoms with Crippen LogP contribution in [0.4, 0.5) is 0 Å². The van der Waals surface area contributed by atoms with Crippen LogP contribution in [0.15, 0.2) is 12.2 Å². The molecule has 0 nitrogen and oxygen atoms in total. The fraction of sp³-hybridized carbons (Fsp3) is 0.870. The molecular formula is C23H45. The highest BCUT2D eigenvalue weighted by Crippen LogP contribution is 2.14. The molecule has 0 N–H and O–H groups in total. The van der Waals surface area contributed by atoms with Gasteiger partial charge < -0.3 is 0 Å². The molecule has 0 rings (SSSR count). The van der Waals surface area contributed by atoms with Crippen LogP contribution in [0.25, 0.3) is 0 Å². The van der Waals surface area contributed by atoms with Gasteiger partial charge in [0.05, 0.1) is 0 Å². The van der Waals surface area contributed by atoms with E-state index in [-0.39, 0.29) is 0 Å². The first-order valence-electron chi connectivity index (χ1n) is 10.9.